The molecule has 0 atom stereocenters. The van der Waals surface area contributed by atoms with Crippen LogP contribution in [-0.4, -0.2) is 11.7 Å². The quantitative estimate of drug-likeness (QED) is 0.183. The fraction of sp³-hybridized carbons (Fsp3) is 0.109. The summed E-state index contributed by atoms with van der Waals surface area (Å²) in [4.78, 5) is 12.0. The molecular weight excluding hydrogens is 625 g/mol. The van der Waals surface area contributed by atoms with Gasteiger partial charge >= 0.3 is 0 Å². The maximum Gasteiger partial charge on any atom is 0.137 e. The highest BCUT2D eigenvalue weighted by atomic mass is 16.5. The van der Waals surface area contributed by atoms with E-state index < -0.39 is 0 Å². The zero-order valence-electron chi connectivity index (χ0n) is 29.0. The van der Waals surface area contributed by atoms with Gasteiger partial charge in [0, 0.05) is 40.8 Å². The van der Waals surface area contributed by atoms with Crippen molar-refractivity contribution >= 4 is 39.9 Å². The fourth-order valence-corrected chi connectivity index (χ4v) is 7.34. The van der Waals surface area contributed by atoms with E-state index in [2.05, 4.69) is 187 Å². The van der Waals surface area contributed by atoms with E-state index in [-0.39, 0.29) is 5.41 Å². The van der Waals surface area contributed by atoms with Crippen molar-refractivity contribution in [3.63, 3.8) is 0 Å². The van der Waals surface area contributed by atoms with Crippen LogP contribution in [0.4, 0.5) is 39.9 Å². The third-order valence-corrected chi connectivity index (χ3v) is 9.88. The minimum absolute atomic E-state index is 0.0290. The number of aromatic nitrogens is 1. The van der Waals surface area contributed by atoms with E-state index >= 15 is 0 Å². The van der Waals surface area contributed by atoms with Gasteiger partial charge in [-0.3, -0.25) is 4.90 Å². The number of benzene rings is 6. The van der Waals surface area contributed by atoms with Gasteiger partial charge in [0.25, 0.3) is 0 Å². The minimum Gasteiger partial charge on any atom is -0.457 e. The SMILES string of the molecule is CC(C)(C)c1ccnc(N2c3ccccc3-c3ccccc3-c3ccc(Oc4cccc(N5CN(c6ccccc6)c6ccccc65)c4)cc32)c1. The van der Waals surface area contributed by atoms with E-state index in [0.29, 0.717) is 6.67 Å². The van der Waals surface area contributed by atoms with E-state index in [0.717, 1.165) is 45.5 Å². The third-order valence-electron chi connectivity index (χ3n) is 9.88. The molecule has 0 aliphatic carbocycles. The number of pyridine rings is 1. The molecule has 3 heterocycles. The molecule has 0 fully saturated rings. The van der Waals surface area contributed by atoms with E-state index in [1.54, 1.807) is 0 Å². The Morgan fingerprint density at radius 2 is 1.08 bits per heavy atom. The molecule has 0 spiro atoms. The van der Waals surface area contributed by atoms with Crippen LogP contribution in [0.25, 0.3) is 22.3 Å². The average Bonchev–Trinajstić information content (AvgIpc) is 3.50. The van der Waals surface area contributed by atoms with Crippen molar-refractivity contribution in [3.8, 4) is 33.8 Å². The number of fused-ring (bicyclic) bond motifs is 6. The largest absolute Gasteiger partial charge is 0.457 e. The molecule has 0 bridgehead atoms. The monoisotopic (exact) mass is 662 g/mol. The number of rotatable bonds is 5. The minimum atomic E-state index is -0.0290. The van der Waals surface area contributed by atoms with Gasteiger partial charge < -0.3 is 14.5 Å². The van der Waals surface area contributed by atoms with E-state index in [9.17, 15) is 0 Å². The number of hydrogen-bond acceptors (Lipinski definition) is 5. The number of hydrogen-bond donors (Lipinski definition) is 0. The fourth-order valence-electron chi connectivity index (χ4n) is 7.34. The second-order valence-corrected chi connectivity index (χ2v) is 14.2. The lowest BCUT2D eigenvalue weighted by Crippen LogP contribution is -2.23. The van der Waals surface area contributed by atoms with Crippen LogP contribution in [0.2, 0.25) is 0 Å². The van der Waals surface area contributed by atoms with Gasteiger partial charge in [-0.2, -0.15) is 0 Å². The number of anilines is 7. The zero-order valence-corrected chi connectivity index (χ0v) is 29.0. The van der Waals surface area contributed by atoms with Crippen LogP contribution in [0.1, 0.15) is 26.3 Å². The van der Waals surface area contributed by atoms with Crippen LogP contribution >= 0.6 is 0 Å². The molecule has 0 unspecified atom stereocenters. The Morgan fingerprint density at radius 1 is 0.490 bits per heavy atom. The van der Waals surface area contributed by atoms with Crippen LogP contribution < -0.4 is 19.4 Å². The zero-order chi connectivity index (χ0) is 34.5. The maximum atomic E-state index is 6.74. The van der Waals surface area contributed by atoms with Crippen molar-refractivity contribution in [2.24, 2.45) is 0 Å². The topological polar surface area (TPSA) is 31.8 Å². The molecule has 2 aliphatic rings. The van der Waals surface area contributed by atoms with Gasteiger partial charge in [0.05, 0.1) is 22.7 Å². The normalized spacial score (nSPS) is 13.2. The van der Waals surface area contributed by atoms with E-state index in [4.69, 9.17) is 9.72 Å². The predicted octanol–water partition coefficient (Wildman–Crippen LogP) is 12.5. The standard InChI is InChI=1S/C46H38N4O/c1-46(2,3)32-26-27-47-45(28-32)50-41-21-10-9-20-39(41)37-18-7-8-19-38(37)40-25-24-36(30-44(40)50)51-35-17-13-16-34(29-35)49-31-48(33-14-5-4-6-15-33)42-22-11-12-23-43(42)49/h4-30H,31H2,1-3H3. The number of para-hydroxylation sites is 4. The van der Waals surface area contributed by atoms with Crippen LogP contribution in [0.5, 0.6) is 11.5 Å². The van der Waals surface area contributed by atoms with Gasteiger partial charge in [-0.15, -0.1) is 0 Å². The Hall–Kier alpha value is -6.33. The summed E-state index contributed by atoms with van der Waals surface area (Å²) in [7, 11) is 0. The molecule has 1 aromatic heterocycles. The van der Waals surface area contributed by atoms with E-state index in [1.807, 2.05) is 12.3 Å². The van der Waals surface area contributed by atoms with Crippen LogP contribution in [0.3, 0.4) is 0 Å². The van der Waals surface area contributed by atoms with Gasteiger partial charge in [0.15, 0.2) is 0 Å². The summed E-state index contributed by atoms with van der Waals surface area (Å²) in [5.74, 6) is 2.41. The first-order valence-electron chi connectivity index (χ1n) is 17.5. The second-order valence-electron chi connectivity index (χ2n) is 14.2. The molecule has 0 N–H and O–H groups in total. The van der Waals surface area contributed by atoms with Crippen molar-refractivity contribution in [2.75, 3.05) is 21.4 Å². The summed E-state index contributed by atoms with van der Waals surface area (Å²) < 4.78 is 6.74. The van der Waals surface area contributed by atoms with Gasteiger partial charge in [0.2, 0.25) is 0 Å². The van der Waals surface area contributed by atoms with Crippen LogP contribution in [-0.2, 0) is 5.41 Å². The van der Waals surface area contributed by atoms with Gasteiger partial charge in [-0.05, 0) is 88.8 Å². The maximum absolute atomic E-state index is 6.74. The Labute approximate surface area is 299 Å². The van der Waals surface area contributed by atoms with Crippen LogP contribution in [0, 0.1) is 0 Å². The molecule has 51 heavy (non-hydrogen) atoms. The predicted molar refractivity (Wildman–Crippen MR) is 211 cm³/mol. The summed E-state index contributed by atoms with van der Waals surface area (Å²) in [5.41, 5.74) is 12.6. The third kappa shape index (κ3) is 5.48. The molecule has 6 aromatic carbocycles. The summed E-state index contributed by atoms with van der Waals surface area (Å²) in [5, 5.41) is 0. The highest BCUT2D eigenvalue weighted by molar-refractivity contribution is 6.02. The summed E-state index contributed by atoms with van der Waals surface area (Å²) >= 11 is 0. The van der Waals surface area contributed by atoms with Crippen molar-refractivity contribution in [1.29, 1.82) is 0 Å². The molecule has 9 rings (SSSR count). The lowest BCUT2D eigenvalue weighted by Gasteiger charge is -2.28. The Bertz CT molecular complexity index is 2400. The highest BCUT2D eigenvalue weighted by Crippen LogP contribution is 2.52. The number of ether oxygens (including phenoxy) is 1. The number of nitrogens with zero attached hydrogens (tertiary/aromatic N) is 4. The molecule has 0 saturated carbocycles. The molecule has 0 radical (unpaired) electrons. The first kappa shape index (κ1) is 30.7. The van der Waals surface area contributed by atoms with Gasteiger partial charge in [-0.1, -0.05) is 99.6 Å². The second kappa shape index (κ2) is 12.2. The van der Waals surface area contributed by atoms with Crippen molar-refractivity contribution in [2.45, 2.75) is 26.2 Å². The smallest absolute Gasteiger partial charge is 0.137 e. The van der Waals surface area contributed by atoms with Gasteiger partial charge in [-0.25, -0.2) is 4.98 Å². The highest BCUT2D eigenvalue weighted by Gasteiger charge is 2.30. The Balaban J connectivity index is 1.13. The Kier molecular flexibility index (Phi) is 7.36. The molecule has 0 amide bonds. The molecular formula is C46H38N4O. The average molecular weight is 663 g/mol. The molecule has 0 saturated heterocycles. The molecule has 248 valence electrons. The lowest BCUT2D eigenvalue weighted by atomic mass is 9.87. The van der Waals surface area contributed by atoms with Crippen molar-refractivity contribution < 1.29 is 4.74 Å². The van der Waals surface area contributed by atoms with Crippen LogP contribution in [0.15, 0.2) is 164 Å². The summed E-state index contributed by atoms with van der Waals surface area (Å²) in [6.45, 7) is 7.44. The molecule has 2 aliphatic heterocycles. The van der Waals surface area contributed by atoms with E-state index in [1.165, 1.54) is 33.8 Å². The first-order valence-corrected chi connectivity index (χ1v) is 17.5. The Morgan fingerprint density at radius 3 is 1.80 bits per heavy atom. The molecule has 5 heteroatoms. The first-order chi connectivity index (χ1) is 24.9. The van der Waals surface area contributed by atoms with Crippen molar-refractivity contribution in [1.82, 2.24) is 4.98 Å². The van der Waals surface area contributed by atoms with Crippen molar-refractivity contribution in [3.05, 3.63) is 169 Å². The van der Waals surface area contributed by atoms with Gasteiger partial charge in [0.1, 0.15) is 24.0 Å². The summed E-state index contributed by atoms with van der Waals surface area (Å²) in [6.07, 6.45) is 1.93. The molecule has 5 nitrogen and oxygen atoms in total. The lowest BCUT2D eigenvalue weighted by molar-refractivity contribution is 0.483. The molecule has 7 aromatic rings. The summed E-state index contributed by atoms with van der Waals surface area (Å²) in [6, 6.07) is 55.6.